The van der Waals surface area contributed by atoms with E-state index in [-0.39, 0.29) is 0 Å². The Hall–Kier alpha value is -6.70. The highest BCUT2D eigenvalue weighted by Crippen LogP contribution is 2.42. The van der Waals surface area contributed by atoms with Gasteiger partial charge in [0.15, 0.2) is 0 Å². The lowest BCUT2D eigenvalue weighted by Crippen LogP contribution is -2.10. The molecule has 0 unspecified atom stereocenters. The topological polar surface area (TPSA) is 3.24 Å². The number of nitrogens with zero attached hydrogens (tertiary/aromatic N) is 1. The van der Waals surface area contributed by atoms with Crippen molar-refractivity contribution in [1.29, 1.82) is 0 Å². The lowest BCUT2D eigenvalue weighted by atomic mass is 9.94. The quantitative estimate of drug-likeness (QED) is 0.168. The second kappa shape index (κ2) is 12.0. The third-order valence-corrected chi connectivity index (χ3v) is 10.4. The van der Waals surface area contributed by atoms with E-state index >= 15 is 0 Å². The second-order valence-corrected chi connectivity index (χ2v) is 13.3. The molecule has 238 valence electrons. The zero-order chi connectivity index (χ0) is 33.7. The van der Waals surface area contributed by atoms with Gasteiger partial charge in [-0.25, -0.2) is 0 Å². The van der Waals surface area contributed by atoms with Gasteiger partial charge in [0.2, 0.25) is 0 Å². The number of hydrogen-bond acceptors (Lipinski definition) is 1. The van der Waals surface area contributed by atoms with Crippen molar-refractivity contribution in [3.05, 3.63) is 200 Å². The number of hydrogen-bond donors (Lipinski definition) is 0. The van der Waals surface area contributed by atoms with Crippen LogP contribution < -0.4 is 4.90 Å². The van der Waals surface area contributed by atoms with Crippen LogP contribution in [0.2, 0.25) is 0 Å². The molecule has 0 amide bonds. The second-order valence-electron chi connectivity index (χ2n) is 13.3. The van der Waals surface area contributed by atoms with Crippen LogP contribution in [-0.4, -0.2) is 0 Å². The first-order valence-electron chi connectivity index (χ1n) is 17.6. The van der Waals surface area contributed by atoms with Gasteiger partial charge in [0.1, 0.15) is 0 Å². The minimum atomic E-state index is 1.11. The third-order valence-electron chi connectivity index (χ3n) is 10.4. The van der Waals surface area contributed by atoms with Crippen LogP contribution in [0.15, 0.2) is 200 Å². The van der Waals surface area contributed by atoms with Crippen molar-refractivity contribution in [2.24, 2.45) is 0 Å². The first kappa shape index (κ1) is 29.2. The van der Waals surface area contributed by atoms with Crippen LogP contribution >= 0.6 is 0 Å². The molecule has 0 aliphatic rings. The zero-order valence-electron chi connectivity index (χ0n) is 28.0. The van der Waals surface area contributed by atoms with Crippen LogP contribution in [0.3, 0.4) is 0 Å². The van der Waals surface area contributed by atoms with Crippen LogP contribution in [0.4, 0.5) is 17.1 Å². The molecule has 0 atom stereocenters. The SMILES string of the molecule is c1ccc(-c2cccc(N(c3ccc(-c4ccc5ccc6ccccc6c5c4)cc3)c3ccc4c5ccccc5c5ccccc5c4c3)c2)cc1. The Morgan fingerprint density at radius 3 is 1.41 bits per heavy atom. The van der Waals surface area contributed by atoms with Crippen molar-refractivity contribution < 1.29 is 0 Å². The van der Waals surface area contributed by atoms with Gasteiger partial charge in [-0.05, 0) is 119 Å². The smallest absolute Gasteiger partial charge is 0.0468 e. The Labute approximate surface area is 297 Å². The van der Waals surface area contributed by atoms with Gasteiger partial charge in [0.25, 0.3) is 0 Å². The molecule has 0 heterocycles. The maximum absolute atomic E-state index is 2.40. The summed E-state index contributed by atoms with van der Waals surface area (Å²) < 4.78 is 0. The van der Waals surface area contributed by atoms with Gasteiger partial charge in [0, 0.05) is 17.1 Å². The average molecular weight is 648 g/mol. The fourth-order valence-electron chi connectivity index (χ4n) is 7.92. The number of anilines is 3. The minimum absolute atomic E-state index is 1.11. The van der Waals surface area contributed by atoms with E-state index in [1.165, 1.54) is 76.1 Å². The molecule has 10 rings (SSSR count). The van der Waals surface area contributed by atoms with Gasteiger partial charge in [-0.2, -0.15) is 0 Å². The third kappa shape index (κ3) is 5.02. The van der Waals surface area contributed by atoms with Gasteiger partial charge in [0.05, 0.1) is 0 Å². The van der Waals surface area contributed by atoms with E-state index in [4.69, 9.17) is 0 Å². The molecule has 10 aromatic carbocycles. The Morgan fingerprint density at radius 1 is 0.216 bits per heavy atom. The molecular weight excluding hydrogens is 615 g/mol. The summed E-state index contributed by atoms with van der Waals surface area (Å²) in [7, 11) is 0. The Bertz CT molecular complexity index is 2870. The lowest BCUT2D eigenvalue weighted by molar-refractivity contribution is 1.29. The highest BCUT2D eigenvalue weighted by Gasteiger charge is 2.17. The molecule has 0 aliphatic carbocycles. The molecule has 0 saturated carbocycles. The standard InChI is InChI=1S/C50H33N/c1-2-11-34(12-3-1)38-14-10-15-41(31-38)51(42-29-30-48-46-19-7-6-17-44(46)45-18-8-9-20-47(45)50(48)33-42)40-27-25-35(26-28-40)39-24-23-37-22-21-36-13-4-5-16-43(36)49(37)32-39/h1-33H. The van der Waals surface area contributed by atoms with E-state index in [0.717, 1.165) is 17.1 Å². The zero-order valence-corrected chi connectivity index (χ0v) is 28.0. The van der Waals surface area contributed by atoms with Crippen LogP contribution in [0.5, 0.6) is 0 Å². The summed E-state index contributed by atoms with van der Waals surface area (Å²) in [5, 5.41) is 12.7. The van der Waals surface area contributed by atoms with Crippen molar-refractivity contribution in [2.45, 2.75) is 0 Å². The van der Waals surface area contributed by atoms with Crippen LogP contribution in [0.25, 0.3) is 76.1 Å². The average Bonchev–Trinajstić information content (AvgIpc) is 3.21. The van der Waals surface area contributed by atoms with Crippen LogP contribution in [0, 0.1) is 0 Å². The monoisotopic (exact) mass is 647 g/mol. The summed E-state index contributed by atoms with van der Waals surface area (Å²) in [5.74, 6) is 0. The number of fused-ring (bicyclic) bond motifs is 9. The van der Waals surface area contributed by atoms with Crippen molar-refractivity contribution in [3.8, 4) is 22.3 Å². The molecule has 1 heteroatoms. The van der Waals surface area contributed by atoms with Crippen molar-refractivity contribution >= 4 is 70.9 Å². The number of benzene rings is 10. The molecule has 0 aromatic heterocycles. The van der Waals surface area contributed by atoms with Gasteiger partial charge in [-0.1, -0.05) is 158 Å². The highest BCUT2D eigenvalue weighted by molar-refractivity contribution is 6.25. The van der Waals surface area contributed by atoms with Crippen molar-refractivity contribution in [1.82, 2.24) is 0 Å². The predicted molar refractivity (Wildman–Crippen MR) is 220 cm³/mol. The summed E-state index contributed by atoms with van der Waals surface area (Å²) >= 11 is 0. The molecule has 0 N–H and O–H groups in total. The first-order valence-corrected chi connectivity index (χ1v) is 17.6. The Kier molecular flexibility index (Phi) is 6.89. The van der Waals surface area contributed by atoms with E-state index in [2.05, 4.69) is 205 Å². The summed E-state index contributed by atoms with van der Waals surface area (Å²) in [4.78, 5) is 2.40. The molecule has 0 bridgehead atoms. The predicted octanol–water partition coefficient (Wildman–Crippen LogP) is 14.3. The molecular formula is C50H33N. The van der Waals surface area contributed by atoms with E-state index < -0.39 is 0 Å². The largest absolute Gasteiger partial charge is 0.310 e. The van der Waals surface area contributed by atoms with Crippen LogP contribution in [0.1, 0.15) is 0 Å². The van der Waals surface area contributed by atoms with E-state index in [1.807, 2.05) is 0 Å². The maximum atomic E-state index is 2.40. The van der Waals surface area contributed by atoms with E-state index in [9.17, 15) is 0 Å². The van der Waals surface area contributed by atoms with Gasteiger partial charge in [-0.15, -0.1) is 0 Å². The summed E-state index contributed by atoms with van der Waals surface area (Å²) in [5.41, 5.74) is 8.16. The summed E-state index contributed by atoms with van der Waals surface area (Å²) in [6.45, 7) is 0. The fraction of sp³-hybridized carbons (Fsp3) is 0. The Morgan fingerprint density at radius 2 is 0.686 bits per heavy atom. The normalized spacial score (nSPS) is 11.5. The molecule has 0 fully saturated rings. The molecule has 10 aromatic rings. The molecule has 0 aliphatic heterocycles. The molecule has 0 spiro atoms. The summed E-state index contributed by atoms with van der Waals surface area (Å²) in [6.07, 6.45) is 0. The van der Waals surface area contributed by atoms with Gasteiger partial charge in [-0.3, -0.25) is 0 Å². The minimum Gasteiger partial charge on any atom is -0.310 e. The fourth-order valence-corrected chi connectivity index (χ4v) is 7.92. The Balaban J connectivity index is 1.14. The van der Waals surface area contributed by atoms with Gasteiger partial charge >= 0.3 is 0 Å². The molecule has 0 saturated heterocycles. The van der Waals surface area contributed by atoms with Crippen LogP contribution in [-0.2, 0) is 0 Å². The molecule has 1 nitrogen and oxygen atoms in total. The first-order chi connectivity index (χ1) is 25.3. The van der Waals surface area contributed by atoms with Crippen molar-refractivity contribution in [2.75, 3.05) is 4.90 Å². The highest BCUT2D eigenvalue weighted by atomic mass is 15.1. The maximum Gasteiger partial charge on any atom is 0.0468 e. The lowest BCUT2D eigenvalue weighted by Gasteiger charge is -2.27. The van der Waals surface area contributed by atoms with E-state index in [1.54, 1.807) is 0 Å². The van der Waals surface area contributed by atoms with Gasteiger partial charge < -0.3 is 4.90 Å². The number of rotatable bonds is 5. The molecule has 51 heavy (non-hydrogen) atoms. The summed E-state index contributed by atoms with van der Waals surface area (Å²) in [6, 6.07) is 73.0. The van der Waals surface area contributed by atoms with E-state index in [0.29, 0.717) is 0 Å². The molecule has 0 radical (unpaired) electrons. The van der Waals surface area contributed by atoms with Crippen molar-refractivity contribution in [3.63, 3.8) is 0 Å².